The first-order valence-electron chi connectivity index (χ1n) is 9.61. The van der Waals surface area contributed by atoms with Crippen molar-refractivity contribution in [1.29, 1.82) is 0 Å². The Kier molecular flexibility index (Phi) is 11.7. The van der Waals surface area contributed by atoms with Gasteiger partial charge in [0.1, 0.15) is 0 Å². The zero-order valence-corrected chi connectivity index (χ0v) is 15.3. The number of primary amides is 1. The molecule has 1 aromatic heterocycles. The minimum absolute atomic E-state index is 0.241. The van der Waals surface area contributed by atoms with E-state index in [0.717, 1.165) is 25.0 Å². The molecule has 3 heteroatoms. The number of carbonyl (C=O) groups is 1. The lowest BCUT2D eigenvalue weighted by atomic mass is 9.96. The number of allylic oxidation sites excluding steroid dienone is 2. The van der Waals surface area contributed by atoms with Gasteiger partial charge in [0.25, 0.3) is 0 Å². The maximum absolute atomic E-state index is 11.6. The number of nitrogens with zero attached hydrogens (tertiary/aromatic N) is 1. The minimum atomic E-state index is -0.264. The summed E-state index contributed by atoms with van der Waals surface area (Å²) in [5, 5.41) is 0. The average molecular weight is 331 g/mol. The molecule has 134 valence electrons. The normalized spacial score (nSPS) is 12.5. The predicted molar refractivity (Wildman–Crippen MR) is 102 cm³/mol. The van der Waals surface area contributed by atoms with Crippen molar-refractivity contribution in [3.8, 4) is 0 Å². The molecule has 1 heterocycles. The molecule has 0 fully saturated rings. The molecule has 0 aliphatic carbocycles. The second kappa shape index (κ2) is 13.8. The standard InChI is InChI=1S/C21H34N2O/c1-2-3-4-5-6-7-8-9-10-11-12-13-16-19(21(22)24)20-17-14-15-18-23-20/h7-8,14-15,17-19H,2-6,9-13,16H2,1H3,(H2,22,24)/b8-7-. The van der Waals surface area contributed by atoms with Crippen LogP contribution >= 0.6 is 0 Å². The first-order chi connectivity index (χ1) is 11.8. The van der Waals surface area contributed by atoms with Crippen molar-refractivity contribution in [2.24, 2.45) is 5.73 Å². The summed E-state index contributed by atoms with van der Waals surface area (Å²) in [5.41, 5.74) is 6.32. The lowest BCUT2D eigenvalue weighted by Crippen LogP contribution is -2.22. The van der Waals surface area contributed by atoms with E-state index in [2.05, 4.69) is 24.1 Å². The number of hydrogen-bond donors (Lipinski definition) is 1. The molecule has 1 amide bonds. The summed E-state index contributed by atoms with van der Waals surface area (Å²) >= 11 is 0. The first-order valence-corrected chi connectivity index (χ1v) is 9.61. The molecule has 1 aromatic rings. The van der Waals surface area contributed by atoms with Crippen molar-refractivity contribution >= 4 is 5.91 Å². The summed E-state index contributed by atoms with van der Waals surface area (Å²) in [6, 6.07) is 5.66. The third kappa shape index (κ3) is 9.49. The molecule has 3 nitrogen and oxygen atoms in total. The van der Waals surface area contributed by atoms with Crippen LogP contribution in [0.5, 0.6) is 0 Å². The van der Waals surface area contributed by atoms with Crippen molar-refractivity contribution in [1.82, 2.24) is 4.98 Å². The maximum atomic E-state index is 11.6. The second-order valence-electron chi connectivity index (χ2n) is 6.52. The fraction of sp³-hybridized carbons (Fsp3) is 0.619. The molecular weight excluding hydrogens is 296 g/mol. The molecule has 24 heavy (non-hydrogen) atoms. The van der Waals surface area contributed by atoms with Gasteiger partial charge in [-0.2, -0.15) is 0 Å². The number of pyridine rings is 1. The van der Waals surface area contributed by atoms with E-state index < -0.39 is 0 Å². The highest BCUT2D eigenvalue weighted by molar-refractivity contribution is 5.81. The Morgan fingerprint density at radius 1 is 1.04 bits per heavy atom. The van der Waals surface area contributed by atoms with Crippen LogP contribution in [0, 0.1) is 0 Å². The number of hydrogen-bond acceptors (Lipinski definition) is 2. The Labute approximate surface area is 147 Å². The van der Waals surface area contributed by atoms with Gasteiger partial charge >= 0.3 is 0 Å². The minimum Gasteiger partial charge on any atom is -0.369 e. The van der Waals surface area contributed by atoms with Crippen LogP contribution in [0.2, 0.25) is 0 Å². The van der Waals surface area contributed by atoms with Crippen molar-refractivity contribution < 1.29 is 4.79 Å². The summed E-state index contributed by atoms with van der Waals surface area (Å²) in [5.74, 6) is -0.506. The van der Waals surface area contributed by atoms with E-state index in [4.69, 9.17) is 5.73 Å². The van der Waals surface area contributed by atoms with Crippen LogP contribution in [0.1, 0.15) is 89.2 Å². The quantitative estimate of drug-likeness (QED) is 0.361. The van der Waals surface area contributed by atoms with Gasteiger partial charge in [0.15, 0.2) is 0 Å². The zero-order chi connectivity index (χ0) is 17.5. The van der Waals surface area contributed by atoms with Gasteiger partial charge in [-0.1, -0.05) is 63.7 Å². The molecule has 1 unspecified atom stereocenters. The van der Waals surface area contributed by atoms with Crippen LogP contribution in [0.3, 0.4) is 0 Å². The van der Waals surface area contributed by atoms with E-state index in [1.165, 1.54) is 51.4 Å². The van der Waals surface area contributed by atoms with Gasteiger partial charge in [-0.3, -0.25) is 9.78 Å². The summed E-state index contributed by atoms with van der Waals surface area (Å²) in [7, 11) is 0. The highest BCUT2D eigenvalue weighted by atomic mass is 16.1. The van der Waals surface area contributed by atoms with Gasteiger partial charge in [0.2, 0.25) is 5.91 Å². The van der Waals surface area contributed by atoms with Crippen molar-refractivity contribution in [3.05, 3.63) is 42.2 Å². The van der Waals surface area contributed by atoms with E-state index in [1.54, 1.807) is 6.20 Å². The summed E-state index contributed by atoms with van der Waals surface area (Å²) in [4.78, 5) is 15.9. The molecule has 0 bridgehead atoms. The molecular formula is C21H34N2O. The van der Waals surface area contributed by atoms with E-state index in [1.807, 2.05) is 18.2 Å². The fourth-order valence-corrected chi connectivity index (χ4v) is 2.91. The molecule has 0 saturated carbocycles. The van der Waals surface area contributed by atoms with E-state index >= 15 is 0 Å². The molecule has 1 atom stereocenters. The molecule has 0 saturated heterocycles. The number of aromatic nitrogens is 1. The van der Waals surface area contributed by atoms with E-state index in [9.17, 15) is 4.79 Å². The maximum Gasteiger partial charge on any atom is 0.226 e. The Morgan fingerprint density at radius 2 is 1.71 bits per heavy atom. The zero-order valence-electron chi connectivity index (χ0n) is 15.3. The lowest BCUT2D eigenvalue weighted by molar-refractivity contribution is -0.119. The third-order valence-electron chi connectivity index (χ3n) is 4.39. The largest absolute Gasteiger partial charge is 0.369 e. The smallest absolute Gasteiger partial charge is 0.226 e. The van der Waals surface area contributed by atoms with Crippen LogP contribution in [0.25, 0.3) is 0 Å². The highest BCUT2D eigenvalue weighted by Crippen LogP contribution is 2.20. The van der Waals surface area contributed by atoms with Gasteiger partial charge in [0.05, 0.1) is 11.6 Å². The molecule has 0 aromatic carbocycles. The molecule has 1 rings (SSSR count). The van der Waals surface area contributed by atoms with Crippen LogP contribution in [-0.2, 0) is 4.79 Å². The molecule has 0 radical (unpaired) electrons. The average Bonchev–Trinajstić information content (AvgIpc) is 2.59. The van der Waals surface area contributed by atoms with E-state index in [-0.39, 0.29) is 11.8 Å². The summed E-state index contributed by atoms with van der Waals surface area (Å²) in [6.45, 7) is 2.25. The lowest BCUT2D eigenvalue weighted by Gasteiger charge is -2.12. The summed E-state index contributed by atoms with van der Waals surface area (Å²) < 4.78 is 0. The third-order valence-corrected chi connectivity index (χ3v) is 4.39. The van der Waals surface area contributed by atoms with Gasteiger partial charge in [-0.05, 0) is 44.2 Å². The Bertz CT molecular complexity index is 456. The predicted octanol–water partition coefficient (Wildman–Crippen LogP) is 5.52. The van der Waals surface area contributed by atoms with Gasteiger partial charge in [-0.25, -0.2) is 0 Å². The monoisotopic (exact) mass is 330 g/mol. The first kappa shape index (κ1) is 20.4. The van der Waals surface area contributed by atoms with Crippen LogP contribution < -0.4 is 5.73 Å². The number of carbonyl (C=O) groups excluding carboxylic acids is 1. The Balaban J connectivity index is 2.06. The molecule has 2 N–H and O–H groups in total. The van der Waals surface area contributed by atoms with Gasteiger partial charge in [-0.15, -0.1) is 0 Å². The fourth-order valence-electron chi connectivity index (χ4n) is 2.91. The summed E-state index contributed by atoms with van der Waals surface area (Å²) in [6.07, 6.45) is 19.6. The van der Waals surface area contributed by atoms with E-state index in [0.29, 0.717) is 0 Å². The van der Waals surface area contributed by atoms with Crippen molar-refractivity contribution in [2.45, 2.75) is 83.5 Å². The number of amides is 1. The van der Waals surface area contributed by atoms with Gasteiger partial charge in [0, 0.05) is 6.20 Å². The van der Waals surface area contributed by atoms with Crippen molar-refractivity contribution in [3.63, 3.8) is 0 Å². The molecule has 0 aliphatic heterocycles. The number of unbranched alkanes of at least 4 members (excludes halogenated alkanes) is 8. The molecule has 0 spiro atoms. The van der Waals surface area contributed by atoms with Crippen molar-refractivity contribution in [2.75, 3.05) is 0 Å². The van der Waals surface area contributed by atoms with Crippen LogP contribution in [0.15, 0.2) is 36.5 Å². The highest BCUT2D eigenvalue weighted by Gasteiger charge is 2.18. The van der Waals surface area contributed by atoms with Crippen LogP contribution in [-0.4, -0.2) is 10.9 Å². The number of rotatable bonds is 14. The topological polar surface area (TPSA) is 56.0 Å². The number of nitrogens with two attached hydrogens (primary N) is 1. The Morgan fingerprint density at radius 3 is 2.29 bits per heavy atom. The SMILES string of the molecule is CCCCCC/C=C\CCCCCCC(C(N)=O)c1ccccn1. The van der Waals surface area contributed by atoms with Crippen LogP contribution in [0.4, 0.5) is 0 Å². The Hall–Kier alpha value is -1.64. The second-order valence-corrected chi connectivity index (χ2v) is 6.52. The molecule has 0 aliphatic rings. The van der Waals surface area contributed by atoms with Gasteiger partial charge < -0.3 is 5.73 Å².